The first kappa shape index (κ1) is 19.9. The Morgan fingerprint density at radius 3 is 2.07 bits per heavy atom. The number of carbonyl (C=O) groups is 1. The number of esters is 1. The van der Waals surface area contributed by atoms with Gasteiger partial charge in [0.2, 0.25) is 0 Å². The Morgan fingerprint density at radius 1 is 0.964 bits per heavy atom. The van der Waals surface area contributed by atoms with Gasteiger partial charge in [-0.2, -0.15) is 0 Å². The third-order valence-electron chi connectivity index (χ3n) is 4.93. The molecule has 0 N–H and O–H groups in total. The summed E-state index contributed by atoms with van der Waals surface area (Å²) in [5.41, 5.74) is 6.81. The molecule has 0 aliphatic carbocycles. The molecular weight excluding hydrogens is 346 g/mol. The molecule has 1 aromatic heterocycles. The average Bonchev–Trinajstić information content (AvgIpc) is 2.95. The zero-order chi connectivity index (χ0) is 20.1. The number of ether oxygens (including phenoxy) is 1. The third kappa shape index (κ3) is 4.19. The van der Waals surface area contributed by atoms with Gasteiger partial charge in [0.25, 0.3) is 0 Å². The molecule has 2 aromatic carbocycles. The highest BCUT2D eigenvalue weighted by atomic mass is 16.5. The van der Waals surface area contributed by atoms with Crippen LogP contribution in [0, 0.1) is 12.8 Å². The first-order chi connectivity index (χ1) is 13.5. The van der Waals surface area contributed by atoms with Gasteiger partial charge in [-0.1, -0.05) is 74.5 Å². The van der Waals surface area contributed by atoms with E-state index >= 15 is 0 Å². The van der Waals surface area contributed by atoms with Crippen LogP contribution in [0.5, 0.6) is 0 Å². The van der Waals surface area contributed by atoms with Gasteiger partial charge in [-0.15, -0.1) is 0 Å². The quantitative estimate of drug-likeness (QED) is 0.482. The Balaban J connectivity index is 2.29. The van der Waals surface area contributed by atoms with Crippen LogP contribution in [0.15, 0.2) is 60.7 Å². The van der Waals surface area contributed by atoms with E-state index in [1.807, 2.05) is 31.2 Å². The molecule has 3 aromatic rings. The highest BCUT2D eigenvalue weighted by Gasteiger charge is 2.24. The van der Waals surface area contributed by atoms with Crippen LogP contribution in [0.3, 0.4) is 0 Å². The van der Waals surface area contributed by atoms with Crippen molar-refractivity contribution in [3.63, 3.8) is 0 Å². The normalized spacial score (nSPS) is 11.0. The van der Waals surface area contributed by atoms with Crippen LogP contribution in [0.2, 0.25) is 0 Å². The van der Waals surface area contributed by atoms with E-state index in [4.69, 9.17) is 4.74 Å². The molecule has 3 rings (SSSR count). The molecular formula is C25H29NO2. The van der Waals surface area contributed by atoms with E-state index in [1.54, 1.807) is 0 Å². The van der Waals surface area contributed by atoms with Gasteiger partial charge in [0, 0.05) is 17.8 Å². The van der Waals surface area contributed by atoms with E-state index in [-0.39, 0.29) is 12.4 Å². The summed E-state index contributed by atoms with van der Waals surface area (Å²) in [6.45, 7) is 9.72. The zero-order valence-corrected chi connectivity index (χ0v) is 17.2. The van der Waals surface area contributed by atoms with Crippen molar-refractivity contribution in [3.05, 3.63) is 71.9 Å². The molecule has 3 nitrogen and oxygen atoms in total. The lowest BCUT2D eigenvalue weighted by molar-refractivity contribution is -0.142. The van der Waals surface area contributed by atoms with Crippen molar-refractivity contribution in [1.82, 2.24) is 4.57 Å². The Morgan fingerprint density at radius 2 is 1.54 bits per heavy atom. The summed E-state index contributed by atoms with van der Waals surface area (Å²) in [6, 6.07) is 20.8. The molecule has 0 saturated carbocycles. The van der Waals surface area contributed by atoms with Crippen LogP contribution in [0.4, 0.5) is 0 Å². The predicted molar refractivity (Wildman–Crippen MR) is 115 cm³/mol. The van der Waals surface area contributed by atoms with Crippen LogP contribution in [-0.2, 0) is 22.5 Å². The van der Waals surface area contributed by atoms with E-state index in [1.165, 1.54) is 11.3 Å². The molecule has 28 heavy (non-hydrogen) atoms. The van der Waals surface area contributed by atoms with Gasteiger partial charge in [-0.25, -0.2) is 0 Å². The van der Waals surface area contributed by atoms with Gasteiger partial charge < -0.3 is 9.30 Å². The van der Waals surface area contributed by atoms with Gasteiger partial charge in [0.15, 0.2) is 0 Å². The summed E-state index contributed by atoms with van der Waals surface area (Å²) >= 11 is 0. The molecule has 0 atom stereocenters. The maximum atomic E-state index is 12.4. The van der Waals surface area contributed by atoms with Crippen molar-refractivity contribution in [2.75, 3.05) is 6.61 Å². The van der Waals surface area contributed by atoms with E-state index in [2.05, 4.69) is 61.7 Å². The lowest BCUT2D eigenvalue weighted by Crippen LogP contribution is -2.10. The van der Waals surface area contributed by atoms with E-state index in [9.17, 15) is 4.79 Å². The monoisotopic (exact) mass is 375 g/mol. The minimum atomic E-state index is -0.177. The number of hydrogen-bond donors (Lipinski definition) is 0. The van der Waals surface area contributed by atoms with Crippen molar-refractivity contribution in [2.24, 2.45) is 5.92 Å². The minimum absolute atomic E-state index is 0.177. The van der Waals surface area contributed by atoms with Gasteiger partial charge in [0.05, 0.1) is 18.7 Å². The number of benzene rings is 2. The summed E-state index contributed by atoms with van der Waals surface area (Å²) in [4.78, 5) is 12.4. The molecule has 0 amide bonds. The molecule has 0 fully saturated rings. The minimum Gasteiger partial charge on any atom is -0.466 e. The van der Waals surface area contributed by atoms with E-state index < -0.39 is 0 Å². The molecule has 0 aliphatic heterocycles. The van der Waals surface area contributed by atoms with Gasteiger partial charge in [0.1, 0.15) is 0 Å². The Labute approximate surface area is 168 Å². The second kappa shape index (κ2) is 8.92. The fourth-order valence-electron chi connectivity index (χ4n) is 3.77. The number of nitrogens with zero attached hydrogens (tertiary/aromatic N) is 1. The molecule has 0 saturated heterocycles. The maximum Gasteiger partial charge on any atom is 0.310 e. The van der Waals surface area contributed by atoms with Crippen molar-refractivity contribution in [1.29, 1.82) is 0 Å². The lowest BCUT2D eigenvalue weighted by Gasteiger charge is -2.15. The van der Waals surface area contributed by atoms with Crippen LogP contribution in [-0.4, -0.2) is 17.1 Å². The third-order valence-corrected chi connectivity index (χ3v) is 4.93. The topological polar surface area (TPSA) is 31.2 Å². The number of hydrogen-bond acceptors (Lipinski definition) is 2. The molecule has 0 bridgehead atoms. The fourth-order valence-corrected chi connectivity index (χ4v) is 3.77. The highest BCUT2D eigenvalue weighted by molar-refractivity contribution is 5.88. The summed E-state index contributed by atoms with van der Waals surface area (Å²) in [7, 11) is 0. The number of rotatable bonds is 7. The summed E-state index contributed by atoms with van der Waals surface area (Å²) < 4.78 is 7.65. The molecule has 0 unspecified atom stereocenters. The van der Waals surface area contributed by atoms with Gasteiger partial charge in [-0.3, -0.25) is 4.79 Å². The Hall–Kier alpha value is -2.81. The second-order valence-corrected chi connectivity index (χ2v) is 7.51. The van der Waals surface area contributed by atoms with Crippen LogP contribution in [0.1, 0.15) is 32.0 Å². The smallest absolute Gasteiger partial charge is 0.310 e. The van der Waals surface area contributed by atoms with Crippen molar-refractivity contribution in [3.8, 4) is 22.4 Å². The second-order valence-electron chi connectivity index (χ2n) is 7.51. The van der Waals surface area contributed by atoms with Crippen LogP contribution in [0.25, 0.3) is 22.4 Å². The SMILES string of the molecule is CCOC(=O)Cc1c(-c2ccccc2)c(-c2ccccc2)n(CC(C)C)c1C. The van der Waals surface area contributed by atoms with Crippen molar-refractivity contribution < 1.29 is 9.53 Å². The fraction of sp³-hybridized carbons (Fsp3) is 0.320. The number of carbonyl (C=O) groups excluding carboxylic acids is 1. The van der Waals surface area contributed by atoms with E-state index in [0.29, 0.717) is 12.5 Å². The van der Waals surface area contributed by atoms with Crippen molar-refractivity contribution in [2.45, 2.75) is 40.7 Å². The first-order valence-corrected chi connectivity index (χ1v) is 10.0. The van der Waals surface area contributed by atoms with Crippen molar-refractivity contribution >= 4 is 5.97 Å². The zero-order valence-electron chi connectivity index (χ0n) is 17.2. The summed E-state index contributed by atoms with van der Waals surface area (Å²) in [5.74, 6) is 0.316. The summed E-state index contributed by atoms with van der Waals surface area (Å²) in [6.07, 6.45) is 0.287. The molecule has 146 valence electrons. The predicted octanol–water partition coefficient (Wildman–Crippen LogP) is 5.89. The molecule has 3 heteroatoms. The Kier molecular flexibility index (Phi) is 6.35. The first-order valence-electron chi connectivity index (χ1n) is 10.0. The van der Waals surface area contributed by atoms with E-state index in [0.717, 1.165) is 28.9 Å². The lowest BCUT2D eigenvalue weighted by atomic mass is 9.95. The summed E-state index contributed by atoms with van der Waals surface area (Å²) in [5, 5.41) is 0. The standard InChI is InChI=1S/C25H29NO2/c1-5-28-23(27)16-22-19(4)26(17-18(2)3)25(21-14-10-7-11-15-21)24(22)20-12-8-6-9-13-20/h6-15,18H,5,16-17H2,1-4H3. The average molecular weight is 376 g/mol. The van der Waals surface area contributed by atoms with Gasteiger partial charge in [-0.05, 0) is 36.5 Å². The molecule has 1 heterocycles. The molecule has 0 spiro atoms. The molecule has 0 aliphatic rings. The largest absolute Gasteiger partial charge is 0.466 e. The van der Waals surface area contributed by atoms with Crippen LogP contribution >= 0.6 is 0 Å². The van der Waals surface area contributed by atoms with Crippen LogP contribution < -0.4 is 0 Å². The highest BCUT2D eigenvalue weighted by Crippen LogP contribution is 2.40. The van der Waals surface area contributed by atoms with Gasteiger partial charge >= 0.3 is 5.97 Å². The molecule has 0 radical (unpaired) electrons. The maximum absolute atomic E-state index is 12.4. The Bertz CT molecular complexity index is 924. The number of aromatic nitrogens is 1.